The van der Waals surface area contributed by atoms with Crippen molar-refractivity contribution in [3.8, 4) is 0 Å². The molecule has 6 nitrogen and oxygen atoms in total. The number of aryl methyl sites for hydroxylation is 1. The van der Waals surface area contributed by atoms with Gasteiger partial charge in [-0.2, -0.15) is 0 Å². The van der Waals surface area contributed by atoms with E-state index in [0.29, 0.717) is 17.3 Å². The Kier molecular flexibility index (Phi) is 7.43. The summed E-state index contributed by atoms with van der Waals surface area (Å²) < 4.78 is 0. The number of carbonyl (C=O) groups excluding carboxylic acids is 2. The van der Waals surface area contributed by atoms with Gasteiger partial charge in [0, 0.05) is 37.0 Å². The third-order valence-electron chi connectivity index (χ3n) is 4.53. The molecule has 2 amide bonds. The highest BCUT2D eigenvalue weighted by Gasteiger charge is 2.19. The van der Waals surface area contributed by atoms with Crippen molar-refractivity contribution in [1.82, 2.24) is 10.2 Å². The van der Waals surface area contributed by atoms with Crippen LogP contribution in [0.25, 0.3) is 0 Å². The molecule has 0 spiro atoms. The first-order valence-corrected chi connectivity index (χ1v) is 9.36. The number of hydrogen-bond acceptors (Lipinski definition) is 4. The Morgan fingerprint density at radius 1 is 1.00 bits per heavy atom. The predicted molar refractivity (Wildman–Crippen MR) is 115 cm³/mol. The molecule has 0 aliphatic heterocycles. The molecule has 7 heteroatoms. The van der Waals surface area contributed by atoms with E-state index in [1.165, 1.54) is 0 Å². The highest BCUT2D eigenvalue weighted by molar-refractivity contribution is 6.40. The van der Waals surface area contributed by atoms with Crippen LogP contribution in [0.1, 0.15) is 17.2 Å². The summed E-state index contributed by atoms with van der Waals surface area (Å²) in [6.45, 7) is 2.15. The first-order chi connectivity index (χ1) is 13.2. The van der Waals surface area contributed by atoms with Crippen LogP contribution in [0.5, 0.6) is 0 Å². The summed E-state index contributed by atoms with van der Waals surface area (Å²) in [7, 11) is 7.84. The summed E-state index contributed by atoms with van der Waals surface area (Å²) in [6, 6.07) is 13.2. The van der Waals surface area contributed by atoms with Gasteiger partial charge in [0.25, 0.3) is 0 Å². The molecule has 0 fully saturated rings. The molecular formula is C21H27ClN4O2. The molecule has 150 valence electrons. The van der Waals surface area contributed by atoms with E-state index in [1.54, 1.807) is 18.2 Å². The molecule has 0 aliphatic carbocycles. The van der Waals surface area contributed by atoms with Crippen molar-refractivity contribution in [3.05, 3.63) is 58.6 Å². The van der Waals surface area contributed by atoms with Crippen molar-refractivity contribution in [2.45, 2.75) is 13.0 Å². The van der Waals surface area contributed by atoms with Gasteiger partial charge in [-0.1, -0.05) is 29.8 Å². The normalized spacial score (nSPS) is 11.8. The molecule has 28 heavy (non-hydrogen) atoms. The molecule has 2 rings (SSSR count). The summed E-state index contributed by atoms with van der Waals surface area (Å²) in [5, 5.41) is 5.82. The van der Waals surface area contributed by atoms with Gasteiger partial charge in [-0.3, -0.25) is 9.59 Å². The summed E-state index contributed by atoms with van der Waals surface area (Å²) in [5.74, 6) is -1.40. The van der Waals surface area contributed by atoms with E-state index in [2.05, 4.69) is 10.6 Å². The largest absolute Gasteiger partial charge is 0.378 e. The van der Waals surface area contributed by atoms with Crippen LogP contribution in [0.3, 0.4) is 0 Å². The molecule has 0 aromatic heterocycles. The van der Waals surface area contributed by atoms with Crippen molar-refractivity contribution < 1.29 is 9.59 Å². The van der Waals surface area contributed by atoms with Crippen molar-refractivity contribution in [1.29, 1.82) is 0 Å². The minimum absolute atomic E-state index is 0.0548. The second-order valence-corrected chi connectivity index (χ2v) is 7.53. The number of nitrogens with one attached hydrogen (secondary N) is 2. The van der Waals surface area contributed by atoms with Crippen molar-refractivity contribution in [3.63, 3.8) is 0 Å². The second-order valence-electron chi connectivity index (χ2n) is 7.09. The number of rotatable bonds is 6. The minimum atomic E-state index is -0.717. The maximum absolute atomic E-state index is 12.3. The van der Waals surface area contributed by atoms with Gasteiger partial charge in [-0.15, -0.1) is 0 Å². The second kappa shape index (κ2) is 9.57. The van der Waals surface area contributed by atoms with Gasteiger partial charge >= 0.3 is 11.8 Å². The van der Waals surface area contributed by atoms with Crippen LogP contribution in [0.2, 0.25) is 5.02 Å². The van der Waals surface area contributed by atoms with Crippen LogP contribution < -0.4 is 15.5 Å². The van der Waals surface area contributed by atoms with Crippen molar-refractivity contribution >= 4 is 34.8 Å². The lowest BCUT2D eigenvalue weighted by Crippen LogP contribution is -2.40. The van der Waals surface area contributed by atoms with Crippen molar-refractivity contribution in [2.24, 2.45) is 0 Å². The van der Waals surface area contributed by atoms with Gasteiger partial charge < -0.3 is 20.4 Å². The van der Waals surface area contributed by atoms with Gasteiger partial charge in [-0.25, -0.2) is 0 Å². The van der Waals surface area contributed by atoms with Crippen LogP contribution in [0, 0.1) is 6.92 Å². The number of anilines is 2. The van der Waals surface area contributed by atoms with Crippen LogP contribution >= 0.6 is 11.6 Å². The Morgan fingerprint density at radius 2 is 1.64 bits per heavy atom. The number of benzene rings is 2. The Morgan fingerprint density at radius 3 is 2.21 bits per heavy atom. The fourth-order valence-electron chi connectivity index (χ4n) is 2.77. The molecule has 2 aromatic rings. The molecule has 2 N–H and O–H groups in total. The van der Waals surface area contributed by atoms with Gasteiger partial charge in [0.05, 0.1) is 6.04 Å². The standard InChI is InChI=1S/C21H27ClN4O2/c1-14-6-9-16(22)12-18(14)24-21(28)20(27)23-13-19(26(4)5)15-7-10-17(11-8-15)25(2)3/h6-12,19H,13H2,1-5H3,(H,23,27)(H,24,28). The van der Waals surface area contributed by atoms with Crippen LogP contribution in [0.15, 0.2) is 42.5 Å². The molecule has 1 atom stereocenters. The maximum Gasteiger partial charge on any atom is 0.313 e. The Balaban J connectivity index is 2.01. The number of halogens is 1. The average molecular weight is 403 g/mol. The van der Waals surface area contributed by atoms with Gasteiger partial charge in [0.2, 0.25) is 0 Å². The van der Waals surface area contributed by atoms with E-state index in [9.17, 15) is 9.59 Å². The Hall–Kier alpha value is -2.57. The number of carbonyl (C=O) groups is 2. The van der Waals surface area contributed by atoms with E-state index in [-0.39, 0.29) is 6.04 Å². The maximum atomic E-state index is 12.3. The summed E-state index contributed by atoms with van der Waals surface area (Å²) in [4.78, 5) is 28.5. The number of amides is 2. The third-order valence-corrected chi connectivity index (χ3v) is 4.76. The van der Waals surface area contributed by atoms with Crippen LogP contribution in [0.4, 0.5) is 11.4 Å². The first-order valence-electron chi connectivity index (χ1n) is 8.98. The molecule has 0 saturated carbocycles. The number of nitrogens with zero attached hydrogens (tertiary/aromatic N) is 2. The van der Waals surface area contributed by atoms with E-state index in [0.717, 1.165) is 16.8 Å². The number of likely N-dealkylation sites (N-methyl/N-ethyl adjacent to an activating group) is 1. The molecule has 0 bridgehead atoms. The zero-order valence-electron chi connectivity index (χ0n) is 16.9. The summed E-state index contributed by atoms with van der Waals surface area (Å²) >= 11 is 5.96. The van der Waals surface area contributed by atoms with E-state index in [4.69, 9.17) is 11.6 Å². The fraction of sp³-hybridized carbons (Fsp3) is 0.333. The minimum Gasteiger partial charge on any atom is -0.378 e. The summed E-state index contributed by atoms with van der Waals surface area (Å²) in [5.41, 5.74) is 3.51. The third kappa shape index (κ3) is 5.71. The summed E-state index contributed by atoms with van der Waals surface area (Å²) in [6.07, 6.45) is 0. The molecule has 1 unspecified atom stereocenters. The van der Waals surface area contributed by atoms with Gasteiger partial charge in [0.1, 0.15) is 0 Å². The highest BCUT2D eigenvalue weighted by atomic mass is 35.5. The zero-order valence-corrected chi connectivity index (χ0v) is 17.7. The van der Waals surface area contributed by atoms with Crippen LogP contribution in [-0.2, 0) is 9.59 Å². The van der Waals surface area contributed by atoms with E-state index in [1.807, 2.05) is 69.2 Å². The Bertz CT molecular complexity index is 835. The smallest absolute Gasteiger partial charge is 0.313 e. The highest BCUT2D eigenvalue weighted by Crippen LogP contribution is 2.22. The topological polar surface area (TPSA) is 64.7 Å². The zero-order chi connectivity index (χ0) is 20.8. The van der Waals surface area contributed by atoms with Gasteiger partial charge in [0.15, 0.2) is 0 Å². The molecule has 0 aliphatic rings. The van der Waals surface area contributed by atoms with E-state index >= 15 is 0 Å². The number of hydrogen-bond donors (Lipinski definition) is 2. The van der Waals surface area contributed by atoms with Crippen molar-refractivity contribution in [2.75, 3.05) is 45.0 Å². The predicted octanol–water partition coefficient (Wildman–Crippen LogP) is 3.07. The quantitative estimate of drug-likeness (QED) is 0.729. The van der Waals surface area contributed by atoms with Gasteiger partial charge in [-0.05, 0) is 56.4 Å². The van der Waals surface area contributed by atoms with E-state index < -0.39 is 11.8 Å². The molecule has 2 aromatic carbocycles. The van der Waals surface area contributed by atoms with Crippen LogP contribution in [-0.4, -0.2) is 51.4 Å². The molecule has 0 radical (unpaired) electrons. The average Bonchev–Trinajstić information content (AvgIpc) is 2.64. The Labute approximate surface area is 171 Å². The SMILES string of the molecule is Cc1ccc(Cl)cc1NC(=O)C(=O)NCC(c1ccc(N(C)C)cc1)N(C)C. The lowest BCUT2D eigenvalue weighted by molar-refractivity contribution is -0.136. The fourth-order valence-corrected chi connectivity index (χ4v) is 2.94. The lowest BCUT2D eigenvalue weighted by atomic mass is 10.1. The molecule has 0 saturated heterocycles. The first kappa shape index (κ1) is 21.7. The lowest BCUT2D eigenvalue weighted by Gasteiger charge is -2.25. The molecule has 0 heterocycles. The molecular weight excluding hydrogens is 376 g/mol. The monoisotopic (exact) mass is 402 g/mol.